The van der Waals surface area contributed by atoms with Gasteiger partial charge in [-0.25, -0.2) is 4.98 Å². The van der Waals surface area contributed by atoms with Gasteiger partial charge in [0.15, 0.2) is 0 Å². The van der Waals surface area contributed by atoms with Gasteiger partial charge in [0.2, 0.25) is 5.91 Å². The first kappa shape index (κ1) is 15.4. The van der Waals surface area contributed by atoms with Crippen LogP contribution in [0.2, 0.25) is 0 Å². The summed E-state index contributed by atoms with van der Waals surface area (Å²) in [4.78, 5) is 19.6. The Hall–Kier alpha value is -2.08. The molecule has 6 nitrogen and oxygen atoms in total. The molecule has 2 aliphatic rings. The molecule has 0 saturated heterocycles. The van der Waals surface area contributed by atoms with Crippen LogP contribution in [0.5, 0.6) is 0 Å². The van der Waals surface area contributed by atoms with Crippen LogP contribution in [0, 0.1) is 6.92 Å². The quantitative estimate of drug-likeness (QED) is 0.933. The topological polar surface area (TPSA) is 63.3 Å². The zero-order valence-corrected chi connectivity index (χ0v) is 14.3. The maximum Gasteiger partial charge on any atom is 0.230 e. The number of nitrogens with one attached hydrogen (secondary N) is 1. The van der Waals surface area contributed by atoms with Crippen molar-refractivity contribution in [3.63, 3.8) is 0 Å². The molecule has 24 heavy (non-hydrogen) atoms. The van der Waals surface area contributed by atoms with Crippen LogP contribution < -0.4 is 5.32 Å². The third kappa shape index (κ3) is 2.86. The molecule has 4 rings (SSSR count). The number of furan rings is 1. The van der Waals surface area contributed by atoms with E-state index >= 15 is 0 Å². The molecule has 1 aliphatic carbocycles. The second-order valence-corrected chi connectivity index (χ2v) is 7.06. The minimum Gasteiger partial charge on any atom is -0.465 e. The SMILES string of the molecule is Cc1ccc(CN2Cc3ncn(C)c3[C@@H](C(=O)NC3CCC3)C2)o1. The molecule has 0 unspecified atom stereocenters. The molecule has 1 saturated carbocycles. The Balaban J connectivity index is 1.54. The molecule has 1 atom stereocenters. The Bertz CT molecular complexity index is 744. The van der Waals surface area contributed by atoms with Crippen molar-refractivity contribution < 1.29 is 9.21 Å². The fraction of sp³-hybridized carbons (Fsp3) is 0.556. The molecule has 128 valence electrons. The summed E-state index contributed by atoms with van der Waals surface area (Å²) in [7, 11) is 1.97. The van der Waals surface area contributed by atoms with E-state index in [1.807, 2.05) is 37.0 Å². The van der Waals surface area contributed by atoms with Gasteiger partial charge in [-0.1, -0.05) is 0 Å². The van der Waals surface area contributed by atoms with Crippen LogP contribution in [0.3, 0.4) is 0 Å². The number of amides is 1. The van der Waals surface area contributed by atoms with Crippen LogP contribution in [0.15, 0.2) is 22.9 Å². The highest BCUT2D eigenvalue weighted by atomic mass is 16.3. The molecule has 2 aromatic heterocycles. The highest BCUT2D eigenvalue weighted by Gasteiger charge is 2.35. The average Bonchev–Trinajstić information content (AvgIpc) is 3.08. The summed E-state index contributed by atoms with van der Waals surface area (Å²) in [5.74, 6) is 1.81. The summed E-state index contributed by atoms with van der Waals surface area (Å²) in [6, 6.07) is 4.34. The first-order valence-corrected chi connectivity index (χ1v) is 8.68. The largest absolute Gasteiger partial charge is 0.465 e. The highest BCUT2D eigenvalue weighted by Crippen LogP contribution is 2.30. The number of aromatic nitrogens is 2. The average molecular weight is 328 g/mol. The smallest absolute Gasteiger partial charge is 0.230 e. The zero-order valence-electron chi connectivity index (χ0n) is 14.3. The molecule has 1 amide bonds. The fourth-order valence-electron chi connectivity index (χ4n) is 3.65. The highest BCUT2D eigenvalue weighted by molar-refractivity contribution is 5.84. The van der Waals surface area contributed by atoms with Gasteiger partial charge in [-0.3, -0.25) is 9.69 Å². The van der Waals surface area contributed by atoms with Crippen molar-refractivity contribution in [2.75, 3.05) is 6.54 Å². The number of carbonyl (C=O) groups excluding carboxylic acids is 1. The van der Waals surface area contributed by atoms with E-state index in [2.05, 4.69) is 15.2 Å². The van der Waals surface area contributed by atoms with E-state index < -0.39 is 0 Å². The van der Waals surface area contributed by atoms with E-state index in [9.17, 15) is 4.79 Å². The monoisotopic (exact) mass is 328 g/mol. The molecule has 3 heterocycles. The normalized spacial score (nSPS) is 21.3. The molecule has 1 N–H and O–H groups in total. The van der Waals surface area contributed by atoms with Crippen molar-refractivity contribution in [2.24, 2.45) is 7.05 Å². The van der Waals surface area contributed by atoms with E-state index in [0.717, 1.165) is 42.3 Å². The molecule has 0 spiro atoms. The van der Waals surface area contributed by atoms with Crippen LogP contribution in [0.4, 0.5) is 0 Å². The van der Waals surface area contributed by atoms with Crippen molar-refractivity contribution in [1.29, 1.82) is 0 Å². The molecule has 6 heteroatoms. The predicted octanol–water partition coefficient (Wildman–Crippen LogP) is 2.09. The number of fused-ring (bicyclic) bond motifs is 1. The lowest BCUT2D eigenvalue weighted by atomic mass is 9.91. The second-order valence-electron chi connectivity index (χ2n) is 7.06. The van der Waals surface area contributed by atoms with Gasteiger partial charge in [0.1, 0.15) is 11.5 Å². The fourth-order valence-corrected chi connectivity index (χ4v) is 3.65. The lowest BCUT2D eigenvalue weighted by molar-refractivity contribution is -0.124. The number of rotatable bonds is 4. The number of hydrogen-bond acceptors (Lipinski definition) is 4. The minimum absolute atomic E-state index is 0.130. The summed E-state index contributed by atoms with van der Waals surface area (Å²) in [6.07, 6.45) is 5.24. The van der Waals surface area contributed by atoms with Gasteiger partial charge in [0.05, 0.1) is 30.2 Å². The summed E-state index contributed by atoms with van der Waals surface area (Å²) in [5.41, 5.74) is 2.06. The van der Waals surface area contributed by atoms with Crippen molar-refractivity contribution in [1.82, 2.24) is 19.8 Å². The maximum absolute atomic E-state index is 12.8. The third-order valence-corrected chi connectivity index (χ3v) is 5.15. The molecule has 0 aromatic carbocycles. The van der Waals surface area contributed by atoms with E-state index in [4.69, 9.17) is 4.42 Å². The van der Waals surface area contributed by atoms with Gasteiger partial charge in [0, 0.05) is 26.2 Å². The lowest BCUT2D eigenvalue weighted by Gasteiger charge is -2.34. The number of hydrogen-bond donors (Lipinski definition) is 1. The van der Waals surface area contributed by atoms with Gasteiger partial charge in [-0.05, 0) is 38.3 Å². The Kier molecular flexibility index (Phi) is 3.92. The van der Waals surface area contributed by atoms with Gasteiger partial charge in [0.25, 0.3) is 0 Å². The standard InChI is InChI=1S/C18H24N4O2/c1-12-6-7-14(24-12)8-22-9-15(18(23)20-13-4-3-5-13)17-16(10-22)19-11-21(17)2/h6-7,11,13,15H,3-5,8-10H2,1-2H3,(H,20,23)/t15-/m0/s1. The van der Waals surface area contributed by atoms with Crippen molar-refractivity contribution in [3.8, 4) is 0 Å². The Morgan fingerprint density at radius 3 is 2.92 bits per heavy atom. The van der Waals surface area contributed by atoms with E-state index in [-0.39, 0.29) is 11.8 Å². The van der Waals surface area contributed by atoms with Gasteiger partial charge < -0.3 is 14.3 Å². The Labute approximate surface area is 141 Å². The van der Waals surface area contributed by atoms with E-state index in [1.165, 1.54) is 6.42 Å². The van der Waals surface area contributed by atoms with Gasteiger partial charge in [-0.15, -0.1) is 0 Å². The van der Waals surface area contributed by atoms with Crippen LogP contribution in [-0.2, 0) is 24.9 Å². The summed E-state index contributed by atoms with van der Waals surface area (Å²) in [5, 5.41) is 3.20. The third-order valence-electron chi connectivity index (χ3n) is 5.15. The van der Waals surface area contributed by atoms with E-state index in [1.54, 1.807) is 0 Å². The molecule has 1 aliphatic heterocycles. The Morgan fingerprint density at radius 1 is 1.42 bits per heavy atom. The zero-order chi connectivity index (χ0) is 16.7. The molecular weight excluding hydrogens is 304 g/mol. The maximum atomic E-state index is 12.8. The molecule has 1 fully saturated rings. The molecule has 0 radical (unpaired) electrons. The Morgan fingerprint density at radius 2 is 2.25 bits per heavy atom. The lowest BCUT2D eigenvalue weighted by Crippen LogP contribution is -2.46. The summed E-state index contributed by atoms with van der Waals surface area (Å²) in [6.45, 7) is 4.11. The van der Waals surface area contributed by atoms with Gasteiger partial charge >= 0.3 is 0 Å². The number of imidazole rings is 1. The number of aryl methyl sites for hydroxylation is 2. The first-order chi connectivity index (χ1) is 11.6. The molecule has 2 aromatic rings. The first-order valence-electron chi connectivity index (χ1n) is 8.68. The predicted molar refractivity (Wildman–Crippen MR) is 89.3 cm³/mol. The van der Waals surface area contributed by atoms with Crippen molar-refractivity contribution >= 4 is 5.91 Å². The summed E-state index contributed by atoms with van der Waals surface area (Å²) < 4.78 is 7.69. The summed E-state index contributed by atoms with van der Waals surface area (Å²) >= 11 is 0. The minimum atomic E-state index is -0.169. The number of carbonyl (C=O) groups is 1. The van der Waals surface area contributed by atoms with Crippen molar-refractivity contribution in [2.45, 2.75) is 51.2 Å². The van der Waals surface area contributed by atoms with Crippen molar-refractivity contribution in [3.05, 3.63) is 41.4 Å². The molecular formula is C18H24N4O2. The molecule has 0 bridgehead atoms. The van der Waals surface area contributed by atoms with Crippen LogP contribution in [0.1, 0.15) is 48.1 Å². The van der Waals surface area contributed by atoms with Gasteiger partial charge in [-0.2, -0.15) is 0 Å². The van der Waals surface area contributed by atoms with Crippen LogP contribution in [-0.4, -0.2) is 32.9 Å². The number of nitrogens with zero attached hydrogens (tertiary/aromatic N) is 3. The van der Waals surface area contributed by atoms with Crippen LogP contribution in [0.25, 0.3) is 0 Å². The van der Waals surface area contributed by atoms with E-state index in [0.29, 0.717) is 19.1 Å². The second kappa shape index (κ2) is 6.09. The van der Waals surface area contributed by atoms with Crippen LogP contribution >= 0.6 is 0 Å².